The van der Waals surface area contributed by atoms with E-state index in [0.717, 1.165) is 23.4 Å². The van der Waals surface area contributed by atoms with Gasteiger partial charge in [0.05, 0.1) is 19.1 Å². The molecule has 0 radical (unpaired) electrons. The first-order valence-corrected chi connectivity index (χ1v) is 7.15. The van der Waals surface area contributed by atoms with Crippen LogP contribution in [0.2, 0.25) is 0 Å². The van der Waals surface area contributed by atoms with Crippen molar-refractivity contribution in [3.05, 3.63) is 23.8 Å². The van der Waals surface area contributed by atoms with Gasteiger partial charge in [-0.1, -0.05) is 20.8 Å². The summed E-state index contributed by atoms with van der Waals surface area (Å²) in [6.45, 7) is 8.45. The van der Waals surface area contributed by atoms with Crippen molar-refractivity contribution in [3.63, 3.8) is 0 Å². The molecule has 1 aromatic rings. The zero-order chi connectivity index (χ0) is 15.1. The SMILES string of the molecule is CCCOc1ccc(NC(=O)CC(O)C(C)C)c(C)c1. The number of hydrogen-bond acceptors (Lipinski definition) is 3. The molecule has 4 nitrogen and oxygen atoms in total. The highest BCUT2D eigenvalue weighted by molar-refractivity contribution is 5.91. The van der Waals surface area contributed by atoms with Crippen LogP contribution < -0.4 is 10.1 Å². The minimum atomic E-state index is -0.609. The summed E-state index contributed by atoms with van der Waals surface area (Å²) in [6.07, 6.45) is 0.470. The number of nitrogens with one attached hydrogen (secondary N) is 1. The van der Waals surface area contributed by atoms with Gasteiger partial charge < -0.3 is 15.2 Å². The van der Waals surface area contributed by atoms with Crippen LogP contribution in [-0.4, -0.2) is 23.7 Å². The smallest absolute Gasteiger partial charge is 0.226 e. The molecule has 1 rings (SSSR count). The summed E-state index contributed by atoms with van der Waals surface area (Å²) in [6, 6.07) is 5.58. The summed E-state index contributed by atoms with van der Waals surface area (Å²) < 4.78 is 5.54. The lowest BCUT2D eigenvalue weighted by Crippen LogP contribution is -2.23. The average molecular weight is 279 g/mol. The molecule has 0 heterocycles. The van der Waals surface area contributed by atoms with E-state index in [1.807, 2.05) is 39.0 Å². The fourth-order valence-corrected chi connectivity index (χ4v) is 1.71. The van der Waals surface area contributed by atoms with Gasteiger partial charge in [-0.05, 0) is 43.0 Å². The zero-order valence-corrected chi connectivity index (χ0v) is 12.8. The number of ether oxygens (including phenoxy) is 1. The molecule has 0 fully saturated rings. The molecule has 0 aromatic heterocycles. The van der Waals surface area contributed by atoms with Crippen molar-refractivity contribution >= 4 is 11.6 Å². The van der Waals surface area contributed by atoms with E-state index >= 15 is 0 Å². The second-order valence-corrected chi connectivity index (χ2v) is 5.39. The van der Waals surface area contributed by atoms with Gasteiger partial charge in [0.25, 0.3) is 0 Å². The van der Waals surface area contributed by atoms with Gasteiger partial charge in [-0.25, -0.2) is 0 Å². The fourth-order valence-electron chi connectivity index (χ4n) is 1.71. The number of benzene rings is 1. The molecule has 1 aromatic carbocycles. The van der Waals surface area contributed by atoms with E-state index < -0.39 is 6.10 Å². The number of amides is 1. The van der Waals surface area contributed by atoms with Gasteiger partial charge in [0.1, 0.15) is 5.75 Å². The van der Waals surface area contributed by atoms with E-state index in [4.69, 9.17) is 4.74 Å². The number of aryl methyl sites for hydroxylation is 1. The van der Waals surface area contributed by atoms with Crippen molar-refractivity contribution in [1.82, 2.24) is 0 Å². The maximum Gasteiger partial charge on any atom is 0.226 e. The van der Waals surface area contributed by atoms with E-state index in [9.17, 15) is 9.90 Å². The molecular formula is C16H25NO3. The second-order valence-electron chi connectivity index (χ2n) is 5.39. The quantitative estimate of drug-likeness (QED) is 0.806. The third kappa shape index (κ3) is 5.21. The maximum absolute atomic E-state index is 11.8. The van der Waals surface area contributed by atoms with Gasteiger partial charge in [-0.2, -0.15) is 0 Å². The minimum absolute atomic E-state index is 0.0756. The van der Waals surface area contributed by atoms with Crippen molar-refractivity contribution in [2.45, 2.75) is 46.6 Å². The first-order valence-electron chi connectivity index (χ1n) is 7.15. The normalized spacial score (nSPS) is 12.3. The predicted molar refractivity (Wildman–Crippen MR) is 81.1 cm³/mol. The van der Waals surface area contributed by atoms with E-state index in [1.165, 1.54) is 0 Å². The van der Waals surface area contributed by atoms with Gasteiger partial charge in [-0.3, -0.25) is 4.79 Å². The third-order valence-electron chi connectivity index (χ3n) is 3.11. The first-order chi connectivity index (χ1) is 9.43. The Balaban J connectivity index is 2.61. The van der Waals surface area contributed by atoms with E-state index in [0.29, 0.717) is 6.61 Å². The van der Waals surface area contributed by atoms with Gasteiger partial charge >= 0.3 is 0 Å². The van der Waals surface area contributed by atoms with Crippen LogP contribution >= 0.6 is 0 Å². The summed E-state index contributed by atoms with van der Waals surface area (Å²) in [5, 5.41) is 12.5. The highest BCUT2D eigenvalue weighted by atomic mass is 16.5. The van der Waals surface area contributed by atoms with Crippen molar-refractivity contribution in [3.8, 4) is 5.75 Å². The Morgan fingerprint density at radius 3 is 2.65 bits per heavy atom. The van der Waals surface area contributed by atoms with Crippen molar-refractivity contribution in [2.24, 2.45) is 5.92 Å². The summed E-state index contributed by atoms with van der Waals surface area (Å²) in [5.41, 5.74) is 1.71. The number of aliphatic hydroxyl groups is 1. The Kier molecular flexibility index (Phi) is 6.52. The molecule has 0 saturated heterocycles. The molecule has 0 saturated carbocycles. The molecule has 0 bridgehead atoms. The number of anilines is 1. The molecule has 112 valence electrons. The molecule has 1 amide bonds. The van der Waals surface area contributed by atoms with Crippen LogP contribution in [0.5, 0.6) is 5.75 Å². The van der Waals surface area contributed by atoms with Crippen LogP contribution in [-0.2, 0) is 4.79 Å². The van der Waals surface area contributed by atoms with Gasteiger partial charge in [-0.15, -0.1) is 0 Å². The topological polar surface area (TPSA) is 58.6 Å². The predicted octanol–water partition coefficient (Wildman–Crippen LogP) is 3.13. The second kappa shape index (κ2) is 7.90. The molecule has 0 aliphatic heterocycles. The Bertz CT molecular complexity index is 443. The van der Waals surface area contributed by atoms with E-state index in [2.05, 4.69) is 12.2 Å². The Hall–Kier alpha value is -1.55. The van der Waals surface area contributed by atoms with Gasteiger partial charge in [0, 0.05) is 5.69 Å². The molecule has 2 N–H and O–H groups in total. The molecule has 0 spiro atoms. The number of carbonyl (C=O) groups is 1. The lowest BCUT2D eigenvalue weighted by atomic mass is 10.0. The Morgan fingerprint density at radius 2 is 2.10 bits per heavy atom. The van der Waals surface area contributed by atoms with Crippen molar-refractivity contribution in [1.29, 1.82) is 0 Å². The largest absolute Gasteiger partial charge is 0.494 e. The van der Waals surface area contributed by atoms with Crippen LogP contribution in [0.25, 0.3) is 0 Å². The summed E-state index contributed by atoms with van der Waals surface area (Å²) in [7, 11) is 0. The molecule has 1 unspecified atom stereocenters. The molecule has 1 atom stereocenters. The first kappa shape index (κ1) is 16.5. The summed E-state index contributed by atoms with van der Waals surface area (Å²) in [4.78, 5) is 11.8. The number of aliphatic hydroxyl groups excluding tert-OH is 1. The average Bonchev–Trinajstić information content (AvgIpc) is 2.39. The highest BCUT2D eigenvalue weighted by Crippen LogP contribution is 2.22. The molecule has 0 aliphatic carbocycles. The Morgan fingerprint density at radius 1 is 1.40 bits per heavy atom. The fraction of sp³-hybridized carbons (Fsp3) is 0.562. The zero-order valence-electron chi connectivity index (χ0n) is 12.8. The lowest BCUT2D eigenvalue weighted by Gasteiger charge is -2.15. The number of carbonyl (C=O) groups excluding carboxylic acids is 1. The Labute approximate surface area is 121 Å². The monoisotopic (exact) mass is 279 g/mol. The van der Waals surface area contributed by atoms with Crippen LogP contribution in [0.4, 0.5) is 5.69 Å². The standard InChI is InChI=1S/C16H25NO3/c1-5-8-20-13-6-7-14(12(4)9-13)17-16(19)10-15(18)11(2)3/h6-7,9,11,15,18H,5,8,10H2,1-4H3,(H,17,19). The summed E-state index contributed by atoms with van der Waals surface area (Å²) >= 11 is 0. The minimum Gasteiger partial charge on any atom is -0.494 e. The van der Waals surface area contributed by atoms with Gasteiger partial charge in [0.15, 0.2) is 0 Å². The highest BCUT2D eigenvalue weighted by Gasteiger charge is 2.15. The van der Waals surface area contributed by atoms with Crippen LogP contribution in [0, 0.1) is 12.8 Å². The van der Waals surface area contributed by atoms with Crippen LogP contribution in [0.1, 0.15) is 39.2 Å². The lowest BCUT2D eigenvalue weighted by molar-refractivity contribution is -0.118. The van der Waals surface area contributed by atoms with E-state index in [-0.39, 0.29) is 18.2 Å². The van der Waals surface area contributed by atoms with Gasteiger partial charge in [0.2, 0.25) is 5.91 Å². The number of rotatable bonds is 7. The van der Waals surface area contributed by atoms with Crippen LogP contribution in [0.15, 0.2) is 18.2 Å². The third-order valence-corrected chi connectivity index (χ3v) is 3.11. The molecule has 0 aliphatic rings. The van der Waals surface area contributed by atoms with Crippen LogP contribution in [0.3, 0.4) is 0 Å². The van der Waals surface area contributed by atoms with Crippen molar-refractivity contribution < 1.29 is 14.6 Å². The number of hydrogen-bond donors (Lipinski definition) is 2. The molecule has 20 heavy (non-hydrogen) atoms. The molecule has 4 heteroatoms. The maximum atomic E-state index is 11.8. The molecular weight excluding hydrogens is 254 g/mol. The van der Waals surface area contributed by atoms with Crippen molar-refractivity contribution in [2.75, 3.05) is 11.9 Å². The van der Waals surface area contributed by atoms with E-state index in [1.54, 1.807) is 0 Å². The summed E-state index contributed by atoms with van der Waals surface area (Å²) in [5.74, 6) is 0.716.